The van der Waals surface area contributed by atoms with E-state index in [1.165, 1.54) is 6.26 Å². The van der Waals surface area contributed by atoms with Gasteiger partial charge in [0.1, 0.15) is 12.0 Å². The minimum atomic E-state index is -0.861. The van der Waals surface area contributed by atoms with Crippen molar-refractivity contribution in [2.24, 2.45) is 0 Å². The first kappa shape index (κ1) is 9.51. The highest BCUT2D eigenvalue weighted by molar-refractivity contribution is 5.70. The second-order valence-corrected chi connectivity index (χ2v) is 3.22. The van der Waals surface area contributed by atoms with E-state index in [0.717, 1.165) is 5.69 Å². The summed E-state index contributed by atoms with van der Waals surface area (Å²) in [5.74, 6) is -0.279. The molecule has 2 aromatic rings. The Morgan fingerprint density at radius 1 is 1.60 bits per heavy atom. The van der Waals surface area contributed by atoms with Crippen molar-refractivity contribution in [1.82, 2.24) is 9.97 Å². The van der Waals surface area contributed by atoms with E-state index in [1.54, 1.807) is 19.1 Å². The number of hydrogen-bond donors (Lipinski definition) is 2. The van der Waals surface area contributed by atoms with Gasteiger partial charge >= 0.3 is 5.97 Å². The first-order chi connectivity index (χ1) is 7.15. The number of oxazole rings is 1. The minimum absolute atomic E-state index is 0.0170. The molecule has 2 heterocycles. The van der Waals surface area contributed by atoms with E-state index in [1.807, 2.05) is 0 Å². The molecular weight excluding hydrogens is 196 g/mol. The van der Waals surface area contributed by atoms with E-state index in [9.17, 15) is 4.79 Å². The van der Waals surface area contributed by atoms with E-state index in [2.05, 4.69) is 9.97 Å². The molecule has 2 N–H and O–H groups in total. The van der Waals surface area contributed by atoms with E-state index < -0.39 is 5.97 Å². The lowest BCUT2D eigenvalue weighted by molar-refractivity contribution is -0.136. The maximum atomic E-state index is 10.5. The molecule has 15 heavy (non-hydrogen) atoms. The zero-order chi connectivity index (χ0) is 10.8. The molecule has 0 fully saturated rings. The summed E-state index contributed by atoms with van der Waals surface area (Å²) in [5, 5.41) is 8.60. The number of rotatable bonds is 3. The number of aromatic amines is 1. The van der Waals surface area contributed by atoms with Gasteiger partial charge in [0.2, 0.25) is 0 Å². The van der Waals surface area contributed by atoms with Crippen LogP contribution in [0.25, 0.3) is 11.4 Å². The first-order valence-electron chi connectivity index (χ1n) is 4.47. The van der Waals surface area contributed by atoms with Crippen molar-refractivity contribution in [1.29, 1.82) is 0 Å². The molecule has 0 unspecified atom stereocenters. The van der Waals surface area contributed by atoms with E-state index in [0.29, 0.717) is 17.3 Å². The number of H-pyrrole nitrogens is 1. The molecule has 0 aliphatic rings. The summed E-state index contributed by atoms with van der Waals surface area (Å²) >= 11 is 0. The molecule has 0 amide bonds. The second kappa shape index (κ2) is 3.61. The average Bonchev–Trinajstić information content (AvgIpc) is 2.72. The highest BCUT2D eigenvalue weighted by atomic mass is 16.4. The highest BCUT2D eigenvalue weighted by Crippen LogP contribution is 2.17. The second-order valence-electron chi connectivity index (χ2n) is 3.22. The van der Waals surface area contributed by atoms with Crippen LogP contribution in [0, 0.1) is 6.92 Å². The number of aryl methyl sites for hydroxylation is 1. The molecule has 0 saturated heterocycles. The van der Waals surface area contributed by atoms with Crippen LogP contribution in [0.5, 0.6) is 0 Å². The fourth-order valence-corrected chi connectivity index (χ4v) is 1.34. The number of aromatic nitrogens is 2. The number of carboxylic acid groups (broad SMARTS) is 1. The van der Waals surface area contributed by atoms with Crippen LogP contribution in [0.1, 0.15) is 11.6 Å². The summed E-state index contributed by atoms with van der Waals surface area (Å²) in [5.41, 5.74) is 2.10. The Morgan fingerprint density at radius 2 is 2.40 bits per heavy atom. The zero-order valence-electron chi connectivity index (χ0n) is 8.15. The smallest absolute Gasteiger partial charge is 0.309 e. The molecule has 0 spiro atoms. The number of aliphatic carboxylic acids is 1. The molecule has 0 aliphatic heterocycles. The number of carbonyl (C=O) groups is 1. The molecule has 78 valence electrons. The van der Waals surface area contributed by atoms with Crippen molar-refractivity contribution in [2.45, 2.75) is 13.3 Å². The zero-order valence-corrected chi connectivity index (χ0v) is 8.15. The minimum Gasteiger partial charge on any atom is -0.481 e. The van der Waals surface area contributed by atoms with Crippen LogP contribution < -0.4 is 0 Å². The van der Waals surface area contributed by atoms with Crippen molar-refractivity contribution >= 4 is 5.97 Å². The van der Waals surface area contributed by atoms with Gasteiger partial charge in [-0.05, 0) is 12.1 Å². The van der Waals surface area contributed by atoms with E-state index in [4.69, 9.17) is 9.52 Å². The average molecular weight is 206 g/mol. The van der Waals surface area contributed by atoms with Crippen LogP contribution >= 0.6 is 0 Å². The van der Waals surface area contributed by atoms with Gasteiger partial charge in [-0.15, -0.1) is 0 Å². The van der Waals surface area contributed by atoms with Gasteiger partial charge in [-0.2, -0.15) is 0 Å². The summed E-state index contributed by atoms with van der Waals surface area (Å²) in [6.45, 7) is 1.75. The molecule has 5 heteroatoms. The number of nitrogens with zero attached hydrogens (tertiary/aromatic N) is 1. The van der Waals surface area contributed by atoms with Gasteiger partial charge < -0.3 is 14.5 Å². The lowest BCUT2D eigenvalue weighted by Gasteiger charge is -1.91. The third-order valence-electron chi connectivity index (χ3n) is 1.98. The van der Waals surface area contributed by atoms with Gasteiger partial charge in [0.05, 0.1) is 12.1 Å². The maximum Gasteiger partial charge on any atom is 0.309 e. The van der Waals surface area contributed by atoms with Gasteiger partial charge in [0.15, 0.2) is 5.89 Å². The molecule has 0 atom stereocenters. The molecule has 2 rings (SSSR count). The van der Waals surface area contributed by atoms with Crippen molar-refractivity contribution in [3.05, 3.63) is 30.0 Å². The Morgan fingerprint density at radius 3 is 3.00 bits per heavy atom. The quantitative estimate of drug-likeness (QED) is 0.799. The monoisotopic (exact) mass is 206 g/mol. The van der Waals surface area contributed by atoms with Crippen LogP contribution in [-0.2, 0) is 11.2 Å². The van der Waals surface area contributed by atoms with Crippen molar-refractivity contribution in [2.75, 3.05) is 0 Å². The lowest BCUT2D eigenvalue weighted by atomic mass is 10.3. The number of hydrogen-bond acceptors (Lipinski definition) is 3. The Balaban J connectivity index is 2.23. The lowest BCUT2D eigenvalue weighted by Crippen LogP contribution is -1.99. The largest absolute Gasteiger partial charge is 0.481 e. The van der Waals surface area contributed by atoms with E-state index in [-0.39, 0.29) is 6.42 Å². The molecule has 0 aromatic carbocycles. The SMILES string of the molecule is Cc1nc(-c2ccc(CC(=O)O)[nH]2)co1. The topological polar surface area (TPSA) is 79.1 Å². The molecule has 0 aliphatic carbocycles. The molecule has 2 aromatic heterocycles. The summed E-state index contributed by atoms with van der Waals surface area (Å²) in [7, 11) is 0. The van der Waals surface area contributed by atoms with Crippen LogP contribution in [0.15, 0.2) is 22.8 Å². The normalized spacial score (nSPS) is 10.5. The third kappa shape index (κ3) is 2.07. The Labute approximate surface area is 85.8 Å². The predicted octanol–water partition coefficient (Wildman–Crippen LogP) is 1.61. The van der Waals surface area contributed by atoms with Gasteiger partial charge in [-0.25, -0.2) is 4.98 Å². The standard InChI is InChI=1S/C10H10N2O3/c1-6-11-9(5-15-6)8-3-2-7(12-8)4-10(13)14/h2-3,5,12H,4H2,1H3,(H,13,14). The predicted molar refractivity (Wildman–Crippen MR) is 52.4 cm³/mol. The molecule has 5 nitrogen and oxygen atoms in total. The molecule has 0 bridgehead atoms. The van der Waals surface area contributed by atoms with Gasteiger partial charge in [-0.3, -0.25) is 4.79 Å². The Kier molecular flexibility index (Phi) is 2.29. The molecule has 0 saturated carbocycles. The Bertz CT molecular complexity index is 484. The van der Waals surface area contributed by atoms with Crippen molar-refractivity contribution in [3.63, 3.8) is 0 Å². The maximum absolute atomic E-state index is 10.5. The van der Waals surface area contributed by atoms with Crippen LogP contribution in [-0.4, -0.2) is 21.0 Å². The van der Waals surface area contributed by atoms with Crippen LogP contribution in [0.3, 0.4) is 0 Å². The molecule has 0 radical (unpaired) electrons. The van der Waals surface area contributed by atoms with Crippen molar-refractivity contribution < 1.29 is 14.3 Å². The summed E-state index contributed by atoms with van der Waals surface area (Å²) in [4.78, 5) is 17.6. The molecular formula is C10H10N2O3. The Hall–Kier alpha value is -2.04. The van der Waals surface area contributed by atoms with Crippen LogP contribution in [0.2, 0.25) is 0 Å². The highest BCUT2D eigenvalue weighted by Gasteiger charge is 2.07. The fourth-order valence-electron chi connectivity index (χ4n) is 1.34. The summed E-state index contributed by atoms with van der Waals surface area (Å²) in [6.07, 6.45) is 1.52. The number of nitrogens with one attached hydrogen (secondary N) is 1. The van der Waals surface area contributed by atoms with Crippen LogP contribution in [0.4, 0.5) is 0 Å². The van der Waals surface area contributed by atoms with Gasteiger partial charge in [0, 0.05) is 12.6 Å². The van der Waals surface area contributed by atoms with Gasteiger partial charge in [0.25, 0.3) is 0 Å². The third-order valence-corrected chi connectivity index (χ3v) is 1.98. The van der Waals surface area contributed by atoms with Crippen molar-refractivity contribution in [3.8, 4) is 11.4 Å². The summed E-state index contributed by atoms with van der Waals surface area (Å²) in [6, 6.07) is 3.52. The van der Waals surface area contributed by atoms with E-state index >= 15 is 0 Å². The first-order valence-corrected chi connectivity index (χ1v) is 4.47. The summed E-state index contributed by atoms with van der Waals surface area (Å²) < 4.78 is 5.06. The fraction of sp³-hybridized carbons (Fsp3) is 0.200. The van der Waals surface area contributed by atoms with Gasteiger partial charge in [-0.1, -0.05) is 0 Å². The number of carboxylic acids is 1.